The minimum atomic E-state index is -1.06. The van der Waals surface area contributed by atoms with E-state index >= 15 is 0 Å². The fourth-order valence-corrected chi connectivity index (χ4v) is 5.23. The van der Waals surface area contributed by atoms with Crippen LogP contribution in [0.2, 0.25) is 0 Å². The Kier molecular flexibility index (Phi) is 8.75. The van der Waals surface area contributed by atoms with Crippen LogP contribution in [0.4, 0.5) is 0 Å². The zero-order valence-corrected chi connectivity index (χ0v) is 21.7. The quantitative estimate of drug-likeness (QED) is 0.435. The molecule has 38 heavy (non-hydrogen) atoms. The van der Waals surface area contributed by atoms with Crippen LogP contribution >= 0.6 is 11.3 Å². The number of amides is 3. The molecule has 2 heterocycles. The van der Waals surface area contributed by atoms with Gasteiger partial charge in [0.2, 0.25) is 11.8 Å². The van der Waals surface area contributed by atoms with E-state index in [1.165, 1.54) is 23.3 Å². The average molecular weight is 536 g/mol. The molecule has 9 nitrogen and oxygen atoms in total. The summed E-state index contributed by atoms with van der Waals surface area (Å²) in [6.07, 6.45) is -0.193. The van der Waals surface area contributed by atoms with Crippen molar-refractivity contribution in [3.63, 3.8) is 0 Å². The Hall–Kier alpha value is -4.18. The molecule has 3 amide bonds. The monoisotopic (exact) mass is 535 g/mol. The Balaban J connectivity index is 1.57. The maximum atomic E-state index is 13.6. The van der Waals surface area contributed by atoms with E-state index in [4.69, 9.17) is 4.74 Å². The van der Waals surface area contributed by atoms with Gasteiger partial charge in [0, 0.05) is 23.5 Å². The molecule has 198 valence electrons. The van der Waals surface area contributed by atoms with Gasteiger partial charge in [-0.15, -0.1) is 11.3 Å². The molecule has 1 aromatic heterocycles. The van der Waals surface area contributed by atoms with Crippen LogP contribution in [-0.4, -0.2) is 71.4 Å². The normalized spacial score (nSPS) is 16.0. The van der Waals surface area contributed by atoms with Gasteiger partial charge < -0.3 is 25.0 Å². The number of hydrogen-bond acceptors (Lipinski definition) is 6. The van der Waals surface area contributed by atoms with Crippen molar-refractivity contribution in [3.05, 3.63) is 88.1 Å². The maximum Gasteiger partial charge on any atom is 0.305 e. The molecule has 0 spiro atoms. The number of nitrogens with zero attached hydrogens (tertiary/aromatic N) is 2. The number of methoxy groups -OCH3 is 1. The van der Waals surface area contributed by atoms with Crippen molar-refractivity contribution in [2.45, 2.75) is 24.9 Å². The third-order valence-corrected chi connectivity index (χ3v) is 7.37. The van der Waals surface area contributed by atoms with Gasteiger partial charge in [0.25, 0.3) is 5.91 Å². The molecule has 3 aromatic rings. The van der Waals surface area contributed by atoms with Gasteiger partial charge in [-0.3, -0.25) is 19.2 Å². The summed E-state index contributed by atoms with van der Waals surface area (Å²) in [6, 6.07) is 17.8. The van der Waals surface area contributed by atoms with E-state index in [-0.39, 0.29) is 44.3 Å². The first-order valence-corrected chi connectivity index (χ1v) is 13.1. The SMILES string of the molecule is COc1cccc(C(=O)N2CCN(C(=O)Cc3ccccc3)C(C(=O)NC(CC(=O)O)c3cccs3)C2)c1. The molecule has 4 rings (SSSR count). The van der Waals surface area contributed by atoms with Crippen molar-refractivity contribution in [2.24, 2.45) is 0 Å². The van der Waals surface area contributed by atoms with Crippen molar-refractivity contribution < 1.29 is 29.0 Å². The lowest BCUT2D eigenvalue weighted by atomic mass is 10.0. The smallest absolute Gasteiger partial charge is 0.305 e. The Morgan fingerprint density at radius 2 is 1.84 bits per heavy atom. The summed E-state index contributed by atoms with van der Waals surface area (Å²) in [5, 5.41) is 14.1. The van der Waals surface area contributed by atoms with Gasteiger partial charge in [0.1, 0.15) is 11.8 Å². The summed E-state index contributed by atoms with van der Waals surface area (Å²) in [4.78, 5) is 55.5. The summed E-state index contributed by atoms with van der Waals surface area (Å²) in [6.45, 7) is 0.401. The molecular weight excluding hydrogens is 506 g/mol. The van der Waals surface area contributed by atoms with E-state index in [1.54, 1.807) is 46.7 Å². The third kappa shape index (κ3) is 6.57. The summed E-state index contributed by atoms with van der Waals surface area (Å²) >= 11 is 1.34. The minimum absolute atomic E-state index is 0.0212. The van der Waals surface area contributed by atoms with Gasteiger partial charge in [-0.1, -0.05) is 42.5 Å². The number of carboxylic acid groups (broad SMARTS) is 1. The van der Waals surface area contributed by atoms with Crippen molar-refractivity contribution >= 4 is 35.0 Å². The van der Waals surface area contributed by atoms with Crippen molar-refractivity contribution in [1.82, 2.24) is 15.1 Å². The first kappa shape index (κ1) is 26.9. The average Bonchev–Trinajstić information content (AvgIpc) is 3.47. The summed E-state index contributed by atoms with van der Waals surface area (Å²) < 4.78 is 5.23. The fraction of sp³-hybridized carbons (Fsp3) is 0.286. The van der Waals surface area contributed by atoms with Crippen LogP contribution in [0.15, 0.2) is 72.1 Å². The highest BCUT2D eigenvalue weighted by molar-refractivity contribution is 7.10. The molecule has 0 aliphatic carbocycles. The van der Waals surface area contributed by atoms with Crippen LogP contribution in [-0.2, 0) is 20.8 Å². The second-order valence-corrected chi connectivity index (χ2v) is 9.90. The number of ether oxygens (including phenoxy) is 1. The topological polar surface area (TPSA) is 116 Å². The Morgan fingerprint density at radius 3 is 2.53 bits per heavy atom. The van der Waals surface area contributed by atoms with E-state index in [0.29, 0.717) is 16.2 Å². The summed E-state index contributed by atoms with van der Waals surface area (Å²) in [5.74, 6) is -1.55. The van der Waals surface area contributed by atoms with Gasteiger partial charge in [0.15, 0.2) is 0 Å². The lowest BCUT2D eigenvalue weighted by Crippen LogP contribution is -2.62. The number of hydrogen-bond donors (Lipinski definition) is 2. The van der Waals surface area contributed by atoms with Gasteiger partial charge in [-0.05, 0) is 35.2 Å². The molecule has 1 aliphatic heterocycles. The fourth-order valence-electron chi connectivity index (χ4n) is 4.46. The highest BCUT2D eigenvalue weighted by atomic mass is 32.1. The molecule has 10 heteroatoms. The number of aliphatic carboxylic acids is 1. The molecule has 2 N–H and O–H groups in total. The largest absolute Gasteiger partial charge is 0.497 e. The number of piperazine rings is 1. The summed E-state index contributed by atoms with van der Waals surface area (Å²) in [7, 11) is 1.52. The lowest BCUT2D eigenvalue weighted by Gasteiger charge is -2.41. The van der Waals surface area contributed by atoms with Crippen LogP contribution in [0.5, 0.6) is 5.75 Å². The molecule has 2 atom stereocenters. The number of carbonyl (C=O) groups excluding carboxylic acids is 3. The molecule has 0 radical (unpaired) electrons. The van der Waals surface area contributed by atoms with Crippen molar-refractivity contribution in [2.75, 3.05) is 26.7 Å². The van der Waals surface area contributed by atoms with Crippen LogP contribution in [0, 0.1) is 0 Å². The summed E-state index contributed by atoms with van der Waals surface area (Å²) in [5.41, 5.74) is 1.23. The molecule has 2 unspecified atom stereocenters. The Labute approximate surface area is 224 Å². The Morgan fingerprint density at radius 1 is 1.05 bits per heavy atom. The second kappa shape index (κ2) is 12.4. The number of benzene rings is 2. The standard InChI is InChI=1S/C28H29N3O6S/c1-37-21-10-5-9-20(16-21)28(36)30-12-13-31(25(32)15-19-7-3-2-4-8-19)23(18-30)27(35)29-22(17-26(33)34)24-11-6-14-38-24/h2-11,14,16,22-23H,12-13,15,17-18H2,1H3,(H,29,35)(H,33,34). The van der Waals surface area contributed by atoms with Gasteiger partial charge >= 0.3 is 5.97 Å². The first-order chi connectivity index (χ1) is 18.4. The molecule has 2 aromatic carbocycles. The Bertz CT molecular complexity index is 1280. The first-order valence-electron chi connectivity index (χ1n) is 12.2. The molecule has 1 aliphatic rings. The van der Waals surface area contributed by atoms with Crippen LogP contribution in [0.1, 0.15) is 33.3 Å². The van der Waals surface area contributed by atoms with E-state index in [1.807, 2.05) is 30.3 Å². The highest BCUT2D eigenvalue weighted by Crippen LogP contribution is 2.24. The van der Waals surface area contributed by atoms with Crippen molar-refractivity contribution in [1.29, 1.82) is 0 Å². The number of carboxylic acids is 1. The molecule has 1 fully saturated rings. The predicted molar refractivity (Wildman–Crippen MR) is 142 cm³/mol. The number of thiophene rings is 1. The lowest BCUT2D eigenvalue weighted by molar-refractivity contribution is -0.144. The van der Waals surface area contributed by atoms with Crippen LogP contribution in [0.25, 0.3) is 0 Å². The molecular formula is C28H29N3O6S. The van der Waals surface area contributed by atoms with E-state index < -0.39 is 24.0 Å². The number of nitrogens with one attached hydrogen (secondary N) is 1. The number of carbonyl (C=O) groups is 4. The van der Waals surface area contributed by atoms with Gasteiger partial charge in [-0.25, -0.2) is 0 Å². The third-order valence-electron chi connectivity index (χ3n) is 6.39. The van der Waals surface area contributed by atoms with Crippen LogP contribution in [0.3, 0.4) is 0 Å². The van der Waals surface area contributed by atoms with E-state index in [9.17, 15) is 24.3 Å². The van der Waals surface area contributed by atoms with Gasteiger partial charge in [0.05, 0.1) is 32.5 Å². The van der Waals surface area contributed by atoms with E-state index in [0.717, 1.165) is 5.56 Å². The predicted octanol–water partition coefficient (Wildman–Crippen LogP) is 2.98. The second-order valence-electron chi connectivity index (χ2n) is 8.92. The molecule has 0 bridgehead atoms. The van der Waals surface area contributed by atoms with Crippen molar-refractivity contribution in [3.8, 4) is 5.75 Å². The van der Waals surface area contributed by atoms with Crippen LogP contribution < -0.4 is 10.1 Å². The zero-order valence-electron chi connectivity index (χ0n) is 20.9. The molecule has 0 saturated carbocycles. The minimum Gasteiger partial charge on any atom is -0.497 e. The number of rotatable bonds is 9. The van der Waals surface area contributed by atoms with E-state index in [2.05, 4.69) is 5.32 Å². The highest BCUT2D eigenvalue weighted by Gasteiger charge is 2.38. The zero-order chi connectivity index (χ0) is 27.1. The maximum absolute atomic E-state index is 13.6. The van der Waals surface area contributed by atoms with Gasteiger partial charge in [-0.2, -0.15) is 0 Å². The molecule has 1 saturated heterocycles.